The molecule has 1 fully saturated rings. The lowest BCUT2D eigenvalue weighted by Gasteiger charge is -2.22. The number of carbonyl (C=O) groups is 2. The minimum atomic E-state index is -0.442. The molecule has 102 valence electrons. The highest BCUT2D eigenvalue weighted by Gasteiger charge is 2.34. The van der Waals surface area contributed by atoms with Crippen molar-refractivity contribution in [3.63, 3.8) is 0 Å². The number of nitrogen functional groups attached to an aromatic ring is 1. The van der Waals surface area contributed by atoms with E-state index in [4.69, 9.17) is 10.5 Å². The average Bonchev–Trinajstić information content (AvgIpc) is 2.90. The zero-order valence-electron chi connectivity index (χ0n) is 11.0. The summed E-state index contributed by atoms with van der Waals surface area (Å²) in [5.41, 5.74) is 7.22. The van der Waals surface area contributed by atoms with Crippen LogP contribution in [0.15, 0.2) is 24.3 Å². The molecule has 5 heteroatoms. The molecule has 1 amide bonds. The van der Waals surface area contributed by atoms with Crippen molar-refractivity contribution in [2.75, 3.05) is 19.4 Å². The number of esters is 1. The monoisotopic (exact) mass is 262 g/mol. The molecule has 1 aromatic carbocycles. The molecular formula is C14H18N2O3. The van der Waals surface area contributed by atoms with E-state index in [0.717, 1.165) is 12.0 Å². The molecule has 1 unspecified atom stereocenters. The van der Waals surface area contributed by atoms with Crippen molar-refractivity contribution in [3.05, 3.63) is 29.8 Å². The first-order valence-electron chi connectivity index (χ1n) is 6.34. The van der Waals surface area contributed by atoms with Crippen LogP contribution in [0.5, 0.6) is 0 Å². The predicted octanol–water partition coefficient (Wildman–Crippen LogP) is 0.975. The molecule has 0 bridgehead atoms. The lowest BCUT2D eigenvalue weighted by atomic mass is 10.1. The number of rotatable bonds is 3. The number of nitrogens with zero attached hydrogens (tertiary/aromatic N) is 1. The molecule has 19 heavy (non-hydrogen) atoms. The normalized spacial score (nSPS) is 18.4. The van der Waals surface area contributed by atoms with Crippen molar-refractivity contribution in [1.29, 1.82) is 0 Å². The molecule has 5 nitrogen and oxygen atoms in total. The van der Waals surface area contributed by atoms with E-state index in [1.54, 1.807) is 11.0 Å². The Hall–Kier alpha value is -2.04. The molecule has 0 aromatic heterocycles. The van der Waals surface area contributed by atoms with Crippen molar-refractivity contribution < 1.29 is 14.3 Å². The van der Waals surface area contributed by atoms with Crippen molar-refractivity contribution in [3.8, 4) is 0 Å². The van der Waals surface area contributed by atoms with Gasteiger partial charge in [-0.05, 0) is 24.5 Å². The second-order valence-electron chi connectivity index (χ2n) is 4.64. The predicted molar refractivity (Wildman–Crippen MR) is 71.3 cm³/mol. The number of amides is 1. The van der Waals surface area contributed by atoms with E-state index in [0.29, 0.717) is 18.7 Å². The smallest absolute Gasteiger partial charge is 0.328 e. The van der Waals surface area contributed by atoms with Gasteiger partial charge in [0.15, 0.2) is 0 Å². The molecule has 1 saturated heterocycles. The van der Waals surface area contributed by atoms with Crippen LogP contribution in [0.3, 0.4) is 0 Å². The quantitative estimate of drug-likeness (QED) is 0.651. The molecule has 0 spiro atoms. The molecule has 0 saturated carbocycles. The second-order valence-corrected chi connectivity index (χ2v) is 4.64. The molecule has 2 N–H and O–H groups in total. The third-order valence-electron chi connectivity index (χ3n) is 3.44. The van der Waals surface area contributed by atoms with E-state index in [2.05, 4.69) is 0 Å². The van der Waals surface area contributed by atoms with E-state index in [1.807, 2.05) is 18.2 Å². The summed E-state index contributed by atoms with van der Waals surface area (Å²) < 4.78 is 4.73. The largest absolute Gasteiger partial charge is 0.467 e. The molecule has 1 atom stereocenters. The van der Waals surface area contributed by atoms with Crippen molar-refractivity contribution in [2.24, 2.45) is 0 Å². The van der Waals surface area contributed by atoms with Gasteiger partial charge in [0.2, 0.25) is 5.91 Å². The molecule has 2 rings (SSSR count). The first-order valence-corrected chi connectivity index (χ1v) is 6.34. The maximum Gasteiger partial charge on any atom is 0.328 e. The van der Waals surface area contributed by atoms with Crippen LogP contribution < -0.4 is 5.73 Å². The maximum absolute atomic E-state index is 12.3. The van der Waals surface area contributed by atoms with Crippen LogP contribution in [0.1, 0.15) is 18.4 Å². The van der Waals surface area contributed by atoms with Crippen LogP contribution in [-0.4, -0.2) is 36.5 Å². The molecule has 0 radical (unpaired) electrons. The number of hydrogen-bond acceptors (Lipinski definition) is 4. The Morgan fingerprint density at radius 1 is 1.42 bits per heavy atom. The van der Waals surface area contributed by atoms with E-state index < -0.39 is 6.04 Å². The zero-order valence-corrected chi connectivity index (χ0v) is 11.0. The Kier molecular flexibility index (Phi) is 4.04. The number of nitrogens with two attached hydrogens (primary N) is 1. The molecule has 1 aliphatic heterocycles. The van der Waals surface area contributed by atoms with Gasteiger partial charge in [-0.25, -0.2) is 4.79 Å². The third kappa shape index (κ3) is 2.86. The Morgan fingerprint density at radius 2 is 2.16 bits per heavy atom. The fourth-order valence-electron chi connectivity index (χ4n) is 2.41. The summed E-state index contributed by atoms with van der Waals surface area (Å²) in [7, 11) is 1.35. The average molecular weight is 262 g/mol. The number of para-hydroxylation sites is 1. The number of likely N-dealkylation sites (tertiary alicyclic amines) is 1. The minimum Gasteiger partial charge on any atom is -0.467 e. The Bertz CT molecular complexity index is 487. The maximum atomic E-state index is 12.3. The topological polar surface area (TPSA) is 72.6 Å². The highest BCUT2D eigenvalue weighted by atomic mass is 16.5. The number of carbonyl (C=O) groups excluding carboxylic acids is 2. The van der Waals surface area contributed by atoms with Crippen LogP contribution >= 0.6 is 0 Å². The zero-order chi connectivity index (χ0) is 13.8. The lowest BCUT2D eigenvalue weighted by Crippen LogP contribution is -2.41. The van der Waals surface area contributed by atoms with Crippen molar-refractivity contribution in [2.45, 2.75) is 25.3 Å². The van der Waals surface area contributed by atoms with Gasteiger partial charge in [0.25, 0.3) is 0 Å². The summed E-state index contributed by atoms with van der Waals surface area (Å²) in [6.45, 7) is 0.603. The summed E-state index contributed by atoms with van der Waals surface area (Å²) in [6.07, 6.45) is 1.72. The Balaban J connectivity index is 2.07. The Labute approximate surface area is 112 Å². The summed E-state index contributed by atoms with van der Waals surface area (Å²) >= 11 is 0. The van der Waals surface area contributed by atoms with Crippen molar-refractivity contribution >= 4 is 17.6 Å². The van der Waals surface area contributed by atoms with Gasteiger partial charge in [0.1, 0.15) is 6.04 Å². The number of benzene rings is 1. The summed E-state index contributed by atoms with van der Waals surface area (Å²) in [4.78, 5) is 25.5. The van der Waals surface area contributed by atoms with Crippen LogP contribution in [0.2, 0.25) is 0 Å². The highest BCUT2D eigenvalue weighted by Crippen LogP contribution is 2.21. The van der Waals surface area contributed by atoms with Gasteiger partial charge in [0, 0.05) is 12.2 Å². The Morgan fingerprint density at radius 3 is 2.84 bits per heavy atom. The number of hydrogen-bond donors (Lipinski definition) is 1. The highest BCUT2D eigenvalue weighted by molar-refractivity contribution is 5.87. The van der Waals surface area contributed by atoms with E-state index in [1.165, 1.54) is 7.11 Å². The van der Waals surface area contributed by atoms with Gasteiger partial charge in [-0.15, -0.1) is 0 Å². The standard InChI is InChI=1S/C14H18N2O3/c1-19-14(18)12-7-4-8-16(12)13(17)9-10-5-2-3-6-11(10)15/h2-3,5-6,12H,4,7-9,15H2,1H3. The number of ether oxygens (including phenoxy) is 1. The van der Waals surface area contributed by atoms with Gasteiger partial charge >= 0.3 is 5.97 Å². The van der Waals surface area contributed by atoms with E-state index in [9.17, 15) is 9.59 Å². The van der Waals surface area contributed by atoms with Crippen molar-refractivity contribution in [1.82, 2.24) is 4.90 Å². The molecule has 1 aliphatic rings. The summed E-state index contributed by atoms with van der Waals surface area (Å²) in [5, 5.41) is 0. The lowest BCUT2D eigenvalue weighted by molar-refractivity contribution is -0.150. The first-order chi connectivity index (χ1) is 9.13. The molecule has 1 heterocycles. The molecular weight excluding hydrogens is 244 g/mol. The number of anilines is 1. The molecule has 0 aliphatic carbocycles. The van der Waals surface area contributed by atoms with Crippen LogP contribution in [-0.2, 0) is 20.7 Å². The van der Waals surface area contributed by atoms with E-state index in [-0.39, 0.29) is 18.3 Å². The molecule has 1 aromatic rings. The van der Waals surface area contributed by atoms with E-state index >= 15 is 0 Å². The number of methoxy groups -OCH3 is 1. The fourth-order valence-corrected chi connectivity index (χ4v) is 2.41. The van der Waals surface area contributed by atoms with Gasteiger partial charge in [-0.1, -0.05) is 18.2 Å². The SMILES string of the molecule is COC(=O)C1CCCN1C(=O)Cc1ccccc1N. The van der Waals surface area contributed by atoms with Gasteiger partial charge in [-0.3, -0.25) is 4.79 Å². The first kappa shape index (κ1) is 13.4. The minimum absolute atomic E-state index is 0.0780. The van der Waals surface area contributed by atoms with Crippen LogP contribution in [0, 0.1) is 0 Å². The fraction of sp³-hybridized carbons (Fsp3) is 0.429. The van der Waals surface area contributed by atoms with Gasteiger partial charge in [0.05, 0.1) is 13.5 Å². The van der Waals surface area contributed by atoms with Crippen LogP contribution in [0.4, 0.5) is 5.69 Å². The van der Waals surface area contributed by atoms with Crippen LogP contribution in [0.25, 0.3) is 0 Å². The summed E-state index contributed by atoms with van der Waals surface area (Å²) in [6, 6.07) is 6.83. The third-order valence-corrected chi connectivity index (χ3v) is 3.44. The van der Waals surface area contributed by atoms with Gasteiger partial charge in [-0.2, -0.15) is 0 Å². The van der Waals surface area contributed by atoms with Gasteiger partial charge < -0.3 is 15.4 Å². The second kappa shape index (κ2) is 5.73. The summed E-state index contributed by atoms with van der Waals surface area (Å²) in [5.74, 6) is -0.419.